The van der Waals surface area contributed by atoms with E-state index >= 15 is 0 Å². The number of hydrogen-bond donors (Lipinski definition) is 2. The molecule has 3 rings (SSSR count). The molecule has 3 aromatic rings. The number of rotatable bonds is 7. The van der Waals surface area contributed by atoms with E-state index in [2.05, 4.69) is 21.4 Å². The molecule has 0 aliphatic carbocycles. The van der Waals surface area contributed by atoms with E-state index in [1.807, 2.05) is 23.6 Å². The number of anilines is 1. The van der Waals surface area contributed by atoms with E-state index in [1.165, 1.54) is 16.0 Å². The van der Waals surface area contributed by atoms with Crippen molar-refractivity contribution in [3.8, 4) is 0 Å². The topological polar surface area (TPSA) is 80.9 Å². The van der Waals surface area contributed by atoms with Crippen molar-refractivity contribution < 1.29 is 4.79 Å². The molecule has 3 N–H and O–H groups in total. The molecule has 0 saturated heterocycles. The van der Waals surface area contributed by atoms with E-state index in [4.69, 9.17) is 5.73 Å². The van der Waals surface area contributed by atoms with Crippen LogP contribution < -0.4 is 11.1 Å². The molecule has 1 aromatic carbocycles. The summed E-state index contributed by atoms with van der Waals surface area (Å²) in [6.45, 7) is 0.663. The van der Waals surface area contributed by atoms with Crippen LogP contribution in [0, 0.1) is 0 Å². The second-order valence-corrected chi connectivity index (χ2v) is 7.21. The van der Waals surface area contributed by atoms with Crippen LogP contribution in [-0.2, 0) is 17.6 Å². The van der Waals surface area contributed by atoms with Crippen molar-refractivity contribution >= 4 is 43.9 Å². The minimum Gasteiger partial charge on any atom is -0.375 e. The Kier molecular flexibility index (Phi) is 5.19. The quantitative estimate of drug-likeness (QED) is 0.644. The summed E-state index contributed by atoms with van der Waals surface area (Å²) in [6.07, 6.45) is 2.87. The molecule has 0 atom stereocenters. The van der Waals surface area contributed by atoms with E-state index < -0.39 is 0 Å². The van der Waals surface area contributed by atoms with Crippen LogP contribution in [0.25, 0.3) is 10.2 Å². The number of thiazole rings is 2. The summed E-state index contributed by atoms with van der Waals surface area (Å²) >= 11 is 3.11. The van der Waals surface area contributed by atoms with Crippen LogP contribution in [0.4, 0.5) is 5.13 Å². The highest BCUT2D eigenvalue weighted by Crippen LogP contribution is 2.22. The number of para-hydroxylation sites is 1. The SMILES string of the molecule is Nc1nc(CCCNC(=O)CCc2nc3ccccc3s2)cs1. The lowest BCUT2D eigenvalue weighted by Crippen LogP contribution is -2.25. The Labute approximate surface area is 142 Å². The molecule has 1 amide bonds. The van der Waals surface area contributed by atoms with Gasteiger partial charge in [-0.3, -0.25) is 4.79 Å². The van der Waals surface area contributed by atoms with Crippen molar-refractivity contribution in [1.82, 2.24) is 15.3 Å². The van der Waals surface area contributed by atoms with Crippen molar-refractivity contribution in [2.75, 3.05) is 12.3 Å². The second-order valence-electron chi connectivity index (χ2n) is 5.21. The van der Waals surface area contributed by atoms with Gasteiger partial charge in [-0.15, -0.1) is 22.7 Å². The molecule has 5 nitrogen and oxygen atoms in total. The van der Waals surface area contributed by atoms with Gasteiger partial charge in [0.15, 0.2) is 5.13 Å². The van der Waals surface area contributed by atoms with Crippen molar-refractivity contribution in [3.05, 3.63) is 40.3 Å². The lowest BCUT2D eigenvalue weighted by atomic mass is 10.2. The number of aryl methyl sites for hydroxylation is 2. The first-order chi connectivity index (χ1) is 11.2. The van der Waals surface area contributed by atoms with Gasteiger partial charge in [-0.1, -0.05) is 12.1 Å². The van der Waals surface area contributed by atoms with E-state index in [9.17, 15) is 4.79 Å². The molecule has 0 radical (unpaired) electrons. The molecule has 0 fully saturated rings. The Morgan fingerprint density at radius 2 is 2.09 bits per heavy atom. The van der Waals surface area contributed by atoms with Gasteiger partial charge < -0.3 is 11.1 Å². The van der Waals surface area contributed by atoms with Crippen LogP contribution in [0.15, 0.2) is 29.6 Å². The number of amides is 1. The number of aromatic nitrogens is 2. The summed E-state index contributed by atoms with van der Waals surface area (Å²) in [6, 6.07) is 8.05. The lowest BCUT2D eigenvalue weighted by molar-refractivity contribution is -0.121. The Balaban J connectivity index is 1.37. The molecule has 0 bridgehead atoms. The minimum absolute atomic E-state index is 0.0713. The molecular formula is C16H18N4OS2. The van der Waals surface area contributed by atoms with E-state index in [0.717, 1.165) is 29.1 Å². The summed E-state index contributed by atoms with van der Waals surface area (Å²) < 4.78 is 1.17. The molecule has 0 spiro atoms. The highest BCUT2D eigenvalue weighted by molar-refractivity contribution is 7.18. The van der Waals surface area contributed by atoms with Crippen molar-refractivity contribution in [3.63, 3.8) is 0 Å². The highest BCUT2D eigenvalue weighted by atomic mass is 32.1. The molecule has 0 saturated carbocycles. The van der Waals surface area contributed by atoms with Crippen molar-refractivity contribution in [2.45, 2.75) is 25.7 Å². The number of benzene rings is 1. The molecule has 2 heterocycles. The molecule has 2 aromatic heterocycles. The Hall–Kier alpha value is -1.99. The van der Waals surface area contributed by atoms with Gasteiger partial charge in [-0.25, -0.2) is 9.97 Å². The first-order valence-corrected chi connectivity index (χ1v) is 9.21. The third-order valence-corrected chi connectivity index (χ3v) is 5.22. The van der Waals surface area contributed by atoms with Gasteiger partial charge in [0.1, 0.15) is 0 Å². The van der Waals surface area contributed by atoms with Crippen LogP contribution in [0.5, 0.6) is 0 Å². The average Bonchev–Trinajstić information content (AvgIpc) is 3.15. The average molecular weight is 346 g/mol. The maximum Gasteiger partial charge on any atom is 0.220 e. The minimum atomic E-state index is 0.0713. The fraction of sp³-hybridized carbons (Fsp3) is 0.312. The van der Waals surface area contributed by atoms with Gasteiger partial charge in [0, 0.05) is 24.8 Å². The maximum absolute atomic E-state index is 11.9. The monoisotopic (exact) mass is 346 g/mol. The van der Waals surface area contributed by atoms with Crippen LogP contribution >= 0.6 is 22.7 Å². The van der Waals surface area contributed by atoms with Gasteiger partial charge in [-0.05, 0) is 25.0 Å². The van der Waals surface area contributed by atoms with Crippen molar-refractivity contribution in [2.24, 2.45) is 0 Å². The summed E-state index contributed by atoms with van der Waals surface area (Å²) in [4.78, 5) is 20.6. The van der Waals surface area contributed by atoms with E-state index in [1.54, 1.807) is 11.3 Å². The third kappa shape index (κ3) is 4.49. The predicted molar refractivity (Wildman–Crippen MR) is 95.8 cm³/mol. The molecule has 23 heavy (non-hydrogen) atoms. The number of hydrogen-bond acceptors (Lipinski definition) is 6. The number of carbonyl (C=O) groups excluding carboxylic acids is 1. The Bertz CT molecular complexity index is 763. The molecular weight excluding hydrogens is 328 g/mol. The van der Waals surface area contributed by atoms with Gasteiger partial charge >= 0.3 is 0 Å². The van der Waals surface area contributed by atoms with Gasteiger partial charge in [-0.2, -0.15) is 0 Å². The molecule has 120 valence electrons. The van der Waals surface area contributed by atoms with Gasteiger partial charge in [0.2, 0.25) is 5.91 Å². The lowest BCUT2D eigenvalue weighted by Gasteiger charge is -2.03. The molecule has 0 aliphatic heterocycles. The zero-order valence-electron chi connectivity index (χ0n) is 12.6. The standard InChI is InChI=1S/C16H18N4OS2/c17-16-19-11(10-22-16)4-3-9-18-14(21)7-8-15-20-12-5-1-2-6-13(12)23-15/h1-2,5-6,10H,3-4,7-9H2,(H2,17,19)(H,18,21). The summed E-state index contributed by atoms with van der Waals surface area (Å²) in [5.41, 5.74) is 7.59. The van der Waals surface area contributed by atoms with Crippen LogP contribution in [0.2, 0.25) is 0 Å². The van der Waals surface area contributed by atoms with Crippen LogP contribution in [0.3, 0.4) is 0 Å². The summed E-state index contributed by atoms with van der Waals surface area (Å²) in [7, 11) is 0. The number of nitrogens with one attached hydrogen (secondary N) is 1. The van der Waals surface area contributed by atoms with Crippen LogP contribution in [-0.4, -0.2) is 22.4 Å². The van der Waals surface area contributed by atoms with Crippen molar-refractivity contribution in [1.29, 1.82) is 0 Å². The highest BCUT2D eigenvalue weighted by Gasteiger charge is 2.07. The second kappa shape index (κ2) is 7.52. The normalized spacial score (nSPS) is 11.0. The predicted octanol–water partition coefficient (Wildman–Crippen LogP) is 3.02. The summed E-state index contributed by atoms with van der Waals surface area (Å²) in [5, 5.41) is 6.52. The van der Waals surface area contributed by atoms with Gasteiger partial charge in [0.25, 0.3) is 0 Å². The summed E-state index contributed by atoms with van der Waals surface area (Å²) in [5.74, 6) is 0.0713. The number of nitrogen functional groups attached to an aromatic ring is 1. The smallest absolute Gasteiger partial charge is 0.220 e. The maximum atomic E-state index is 11.9. The Morgan fingerprint density at radius 1 is 1.22 bits per heavy atom. The van der Waals surface area contributed by atoms with E-state index in [0.29, 0.717) is 24.5 Å². The number of nitrogens with zero attached hydrogens (tertiary/aromatic N) is 2. The first-order valence-electron chi connectivity index (χ1n) is 7.52. The fourth-order valence-corrected chi connectivity index (χ4v) is 3.83. The largest absolute Gasteiger partial charge is 0.375 e. The molecule has 0 unspecified atom stereocenters. The number of nitrogens with two attached hydrogens (primary N) is 1. The zero-order chi connectivity index (χ0) is 16.1. The first kappa shape index (κ1) is 15.9. The third-order valence-electron chi connectivity index (χ3n) is 3.41. The number of fused-ring (bicyclic) bond motifs is 1. The molecule has 7 heteroatoms. The number of carbonyl (C=O) groups is 1. The van der Waals surface area contributed by atoms with Gasteiger partial charge in [0.05, 0.1) is 20.9 Å². The molecule has 0 aliphatic rings. The fourth-order valence-electron chi connectivity index (χ4n) is 2.27. The Morgan fingerprint density at radius 3 is 2.87 bits per heavy atom. The van der Waals surface area contributed by atoms with Crippen LogP contribution in [0.1, 0.15) is 23.5 Å². The van der Waals surface area contributed by atoms with E-state index in [-0.39, 0.29) is 5.91 Å². The zero-order valence-corrected chi connectivity index (χ0v) is 14.3.